The second kappa shape index (κ2) is 14.7. The van der Waals surface area contributed by atoms with Gasteiger partial charge in [-0.2, -0.15) is 0 Å². The zero-order chi connectivity index (χ0) is 29.8. The maximum absolute atomic E-state index is 13.2. The van der Waals surface area contributed by atoms with Crippen LogP contribution >= 0.6 is 0 Å². The number of ether oxygens (including phenoxy) is 2. The highest BCUT2D eigenvalue weighted by molar-refractivity contribution is 7.91. The number of hydroxylamine groups is 2. The van der Waals surface area contributed by atoms with Crippen LogP contribution in [0.25, 0.3) is 10.4 Å². The molecule has 1 aliphatic heterocycles. The van der Waals surface area contributed by atoms with Crippen LogP contribution in [-0.2, 0) is 33.8 Å². The molecule has 15 heteroatoms. The van der Waals surface area contributed by atoms with Crippen LogP contribution in [0.1, 0.15) is 50.2 Å². The van der Waals surface area contributed by atoms with Crippen molar-refractivity contribution in [3.63, 3.8) is 0 Å². The van der Waals surface area contributed by atoms with Crippen LogP contribution in [0.4, 0.5) is 10.5 Å². The Morgan fingerprint density at radius 1 is 1.07 bits per heavy atom. The Hall–Kier alpha value is -4.62. The Morgan fingerprint density at radius 3 is 2.44 bits per heavy atom. The Balaban J connectivity index is 1.77. The summed E-state index contributed by atoms with van der Waals surface area (Å²) >= 11 is 0. The van der Waals surface area contributed by atoms with E-state index in [9.17, 15) is 27.6 Å². The highest BCUT2D eigenvalue weighted by atomic mass is 32.2. The van der Waals surface area contributed by atoms with Crippen molar-refractivity contribution in [1.29, 1.82) is 0 Å². The zero-order valence-corrected chi connectivity index (χ0v) is 23.0. The van der Waals surface area contributed by atoms with Gasteiger partial charge >= 0.3 is 6.16 Å². The molecule has 0 bridgehead atoms. The predicted molar refractivity (Wildman–Crippen MR) is 144 cm³/mol. The van der Waals surface area contributed by atoms with Gasteiger partial charge in [0.2, 0.25) is 5.91 Å². The summed E-state index contributed by atoms with van der Waals surface area (Å²) < 4.78 is 36.8. The first kappa shape index (κ1) is 30.9. The van der Waals surface area contributed by atoms with Gasteiger partial charge in [-0.05, 0) is 60.3 Å². The Bertz CT molecular complexity index is 1410. The molecular weight excluding hydrogens is 558 g/mol. The summed E-state index contributed by atoms with van der Waals surface area (Å²) in [6.45, 7) is 0.351. The highest BCUT2D eigenvalue weighted by Crippen LogP contribution is 2.27. The van der Waals surface area contributed by atoms with Gasteiger partial charge in [0.15, 0.2) is 9.84 Å². The average Bonchev–Trinajstić information content (AvgIpc) is 3.26. The van der Waals surface area contributed by atoms with Crippen molar-refractivity contribution in [3.8, 4) is 5.75 Å². The van der Waals surface area contributed by atoms with Gasteiger partial charge in [0.25, 0.3) is 11.8 Å². The number of azide groups is 1. The van der Waals surface area contributed by atoms with Gasteiger partial charge in [-0.25, -0.2) is 13.2 Å². The van der Waals surface area contributed by atoms with Crippen LogP contribution in [0, 0.1) is 0 Å². The van der Waals surface area contributed by atoms with E-state index in [0.29, 0.717) is 42.3 Å². The zero-order valence-electron chi connectivity index (χ0n) is 22.2. The fraction of sp³-hybridized carbons (Fsp3) is 0.385. The first-order valence-corrected chi connectivity index (χ1v) is 14.3. The molecule has 0 aliphatic carbocycles. The molecule has 1 fully saturated rings. The highest BCUT2D eigenvalue weighted by Gasteiger charge is 2.35. The fourth-order valence-corrected chi connectivity index (χ4v) is 5.28. The fourth-order valence-electron chi connectivity index (χ4n) is 3.88. The van der Waals surface area contributed by atoms with Crippen LogP contribution in [-0.4, -0.2) is 56.8 Å². The quantitative estimate of drug-likeness (QED) is 0.0840. The molecule has 14 nitrogen and oxygen atoms in total. The number of sulfone groups is 1. The molecule has 0 radical (unpaired) electrons. The van der Waals surface area contributed by atoms with E-state index in [1.165, 1.54) is 43.5 Å². The second-order valence-corrected chi connectivity index (χ2v) is 11.0. The molecule has 41 heavy (non-hydrogen) atoms. The number of hydrogen-bond acceptors (Lipinski definition) is 10. The topological polar surface area (TPSA) is 194 Å². The largest absolute Gasteiger partial charge is 0.534 e. The third-order valence-electron chi connectivity index (χ3n) is 5.97. The number of carbonyl (C=O) groups excluding carboxylic acids is 4. The lowest BCUT2D eigenvalue weighted by atomic mass is 10.1. The van der Waals surface area contributed by atoms with Crippen molar-refractivity contribution in [1.82, 2.24) is 5.06 Å². The van der Waals surface area contributed by atoms with Gasteiger partial charge in [-0.1, -0.05) is 28.7 Å². The van der Waals surface area contributed by atoms with Gasteiger partial charge in [0, 0.05) is 36.4 Å². The lowest BCUT2D eigenvalue weighted by Crippen LogP contribution is -2.33. The number of hydrogen-bond donors (Lipinski definition) is 1. The summed E-state index contributed by atoms with van der Waals surface area (Å²) in [6.07, 6.45) is -1.02. The van der Waals surface area contributed by atoms with Gasteiger partial charge in [0.05, 0.1) is 17.8 Å². The van der Waals surface area contributed by atoms with Crippen molar-refractivity contribution in [2.45, 2.75) is 49.5 Å². The number of unbranched alkanes of at least 4 members (excludes halogenated alkanes) is 2. The third-order valence-corrected chi connectivity index (χ3v) is 7.70. The van der Waals surface area contributed by atoms with Gasteiger partial charge < -0.3 is 14.8 Å². The number of nitrogens with zero attached hydrogens (tertiary/aromatic N) is 4. The average molecular weight is 588 g/mol. The van der Waals surface area contributed by atoms with Crippen molar-refractivity contribution in [3.05, 3.63) is 64.5 Å². The molecule has 1 unspecified atom stereocenters. The minimum absolute atomic E-state index is 0.0601. The van der Waals surface area contributed by atoms with E-state index in [1.54, 1.807) is 12.1 Å². The molecule has 3 amide bonds. The Labute approximate surface area is 236 Å². The van der Waals surface area contributed by atoms with Crippen molar-refractivity contribution >= 4 is 39.4 Å². The van der Waals surface area contributed by atoms with Crippen LogP contribution < -0.4 is 10.1 Å². The molecule has 1 saturated heterocycles. The standard InChI is InChI=1S/C26H29N5O9S/c1-38-20-9-11-21(12-10-20)41(36,37)17-22(39-26(35)40-31-24(33)13-14-25(31)34)18-6-5-7-19(16-18)29-23(32)8-3-2-4-15-28-30-27/h5-7,9-12,16,22H,2-4,8,13-15,17H2,1H3,(H,29,32). The molecule has 2 aromatic rings. The predicted octanol–water partition coefficient (Wildman–Crippen LogP) is 4.24. The maximum Gasteiger partial charge on any atom is 0.534 e. The smallest absolute Gasteiger partial charge is 0.497 e. The lowest BCUT2D eigenvalue weighted by Gasteiger charge is -2.20. The van der Waals surface area contributed by atoms with E-state index >= 15 is 0 Å². The van der Waals surface area contributed by atoms with Crippen molar-refractivity contribution in [2.75, 3.05) is 24.7 Å². The molecule has 0 spiro atoms. The molecule has 1 aliphatic rings. The third kappa shape index (κ3) is 9.22. The van der Waals surface area contributed by atoms with Crippen LogP contribution in [0.5, 0.6) is 5.75 Å². The molecule has 3 rings (SSSR count). The molecular formula is C26H29N5O9S. The summed E-state index contributed by atoms with van der Waals surface area (Å²) in [5, 5.41) is 6.45. The number of imide groups is 1. The van der Waals surface area contributed by atoms with Crippen LogP contribution in [0.2, 0.25) is 0 Å². The molecule has 218 valence electrons. The van der Waals surface area contributed by atoms with Gasteiger partial charge in [0.1, 0.15) is 11.9 Å². The first-order chi connectivity index (χ1) is 19.6. The van der Waals surface area contributed by atoms with Gasteiger partial charge in [-0.3, -0.25) is 19.2 Å². The SMILES string of the molecule is COc1ccc(S(=O)(=O)CC(OC(=O)ON2C(=O)CCC2=O)c2cccc(NC(=O)CCCCCN=[N+]=[N-])c2)cc1. The van der Waals surface area contributed by atoms with E-state index < -0.39 is 39.7 Å². The summed E-state index contributed by atoms with van der Waals surface area (Å²) in [4.78, 5) is 56.0. The van der Waals surface area contributed by atoms with E-state index in [4.69, 9.17) is 19.8 Å². The summed E-state index contributed by atoms with van der Waals surface area (Å²) in [7, 11) is -2.60. The van der Waals surface area contributed by atoms with Gasteiger partial charge in [-0.15, -0.1) is 0 Å². The number of methoxy groups -OCH3 is 1. The minimum atomic E-state index is -4.04. The van der Waals surface area contributed by atoms with E-state index in [0.717, 1.165) is 0 Å². The normalized spacial score (nSPS) is 13.7. The molecule has 1 heterocycles. The number of anilines is 1. The lowest BCUT2D eigenvalue weighted by molar-refractivity contribution is -0.178. The van der Waals surface area contributed by atoms with E-state index in [2.05, 4.69) is 15.3 Å². The summed E-state index contributed by atoms with van der Waals surface area (Å²) in [5.74, 6) is -2.01. The number of rotatable bonds is 14. The van der Waals surface area contributed by atoms with Crippen LogP contribution in [0.3, 0.4) is 0 Å². The summed E-state index contributed by atoms with van der Waals surface area (Å²) in [5.41, 5.74) is 8.84. The first-order valence-electron chi connectivity index (χ1n) is 12.6. The maximum atomic E-state index is 13.2. The summed E-state index contributed by atoms with van der Waals surface area (Å²) in [6, 6.07) is 11.7. The number of amides is 3. The Kier molecular flexibility index (Phi) is 11.1. The number of carbonyl (C=O) groups is 4. The number of benzene rings is 2. The Morgan fingerprint density at radius 2 is 1.78 bits per heavy atom. The molecule has 0 aromatic heterocycles. The molecule has 2 aromatic carbocycles. The van der Waals surface area contributed by atoms with E-state index in [-0.39, 0.29) is 35.6 Å². The minimum Gasteiger partial charge on any atom is -0.497 e. The molecule has 0 saturated carbocycles. The molecule has 1 N–H and O–H groups in total. The van der Waals surface area contributed by atoms with Crippen molar-refractivity contribution < 1.29 is 41.9 Å². The number of nitrogens with one attached hydrogen (secondary N) is 1. The monoisotopic (exact) mass is 587 g/mol. The van der Waals surface area contributed by atoms with Crippen molar-refractivity contribution in [2.24, 2.45) is 5.11 Å². The molecule has 1 atom stereocenters. The van der Waals surface area contributed by atoms with E-state index in [1.807, 2.05) is 0 Å². The van der Waals surface area contributed by atoms with Crippen LogP contribution in [0.15, 0.2) is 58.5 Å². The second-order valence-electron chi connectivity index (χ2n) is 8.93.